The highest BCUT2D eigenvalue weighted by Crippen LogP contribution is 2.13. The largest absolute Gasteiger partial charge is 0.395 e. The fourth-order valence-corrected chi connectivity index (χ4v) is 2.20. The summed E-state index contributed by atoms with van der Waals surface area (Å²) >= 11 is 0. The highest BCUT2D eigenvalue weighted by atomic mass is 16.3. The Morgan fingerprint density at radius 3 is 2.48 bits per heavy atom. The molecule has 23 heavy (non-hydrogen) atoms. The molecule has 5 nitrogen and oxygen atoms in total. The summed E-state index contributed by atoms with van der Waals surface area (Å²) in [7, 11) is 0. The Kier molecular flexibility index (Phi) is 5.88. The minimum Gasteiger partial charge on any atom is -0.395 e. The topological polar surface area (TPSA) is 69.6 Å². The third kappa shape index (κ3) is 4.93. The molecule has 2 rings (SSSR count). The smallest absolute Gasteiger partial charge is 0.322 e. The van der Waals surface area contributed by atoms with Gasteiger partial charge in [0, 0.05) is 24.3 Å². The van der Waals surface area contributed by atoms with Crippen molar-refractivity contribution in [1.29, 1.82) is 0 Å². The molecule has 120 valence electrons. The van der Waals surface area contributed by atoms with Gasteiger partial charge >= 0.3 is 6.03 Å². The van der Waals surface area contributed by atoms with E-state index in [2.05, 4.69) is 5.32 Å². The monoisotopic (exact) mass is 312 g/mol. The van der Waals surface area contributed by atoms with E-state index < -0.39 is 0 Å². The second-order valence-electron chi connectivity index (χ2n) is 5.20. The maximum absolute atomic E-state index is 12.4. The quantitative estimate of drug-likeness (QED) is 0.806. The van der Waals surface area contributed by atoms with Crippen LogP contribution in [0, 0.1) is 0 Å². The molecule has 2 aromatic carbocycles. The van der Waals surface area contributed by atoms with Crippen molar-refractivity contribution in [3.63, 3.8) is 0 Å². The van der Waals surface area contributed by atoms with Gasteiger partial charge in [0.05, 0.1) is 6.61 Å². The number of ketones is 1. The number of aliphatic hydroxyl groups excluding tert-OH is 1. The third-order valence-electron chi connectivity index (χ3n) is 3.39. The predicted molar refractivity (Wildman–Crippen MR) is 89.4 cm³/mol. The summed E-state index contributed by atoms with van der Waals surface area (Å²) in [5.41, 5.74) is 2.08. The zero-order valence-corrected chi connectivity index (χ0v) is 13.0. The molecule has 2 amide bonds. The van der Waals surface area contributed by atoms with Crippen LogP contribution in [-0.2, 0) is 6.54 Å². The Morgan fingerprint density at radius 1 is 1.09 bits per heavy atom. The number of carbonyl (C=O) groups is 2. The maximum Gasteiger partial charge on any atom is 0.322 e. The van der Waals surface area contributed by atoms with Crippen LogP contribution < -0.4 is 5.32 Å². The van der Waals surface area contributed by atoms with Crippen molar-refractivity contribution in [2.45, 2.75) is 13.5 Å². The Bertz CT molecular complexity index is 671. The number of anilines is 1. The number of carbonyl (C=O) groups excluding carboxylic acids is 2. The van der Waals surface area contributed by atoms with Crippen LogP contribution >= 0.6 is 0 Å². The number of benzene rings is 2. The molecule has 0 fully saturated rings. The van der Waals surface area contributed by atoms with Gasteiger partial charge in [-0.15, -0.1) is 0 Å². The summed E-state index contributed by atoms with van der Waals surface area (Å²) in [6.07, 6.45) is 0. The molecule has 0 heterocycles. The molecule has 0 aromatic heterocycles. The molecule has 0 bridgehead atoms. The number of nitrogens with one attached hydrogen (secondary N) is 1. The number of amides is 2. The lowest BCUT2D eigenvalue weighted by Gasteiger charge is -2.22. The van der Waals surface area contributed by atoms with E-state index in [4.69, 9.17) is 0 Å². The molecule has 0 unspecified atom stereocenters. The van der Waals surface area contributed by atoms with Gasteiger partial charge in [-0.05, 0) is 24.6 Å². The van der Waals surface area contributed by atoms with E-state index in [-0.39, 0.29) is 25.0 Å². The van der Waals surface area contributed by atoms with Crippen molar-refractivity contribution in [2.24, 2.45) is 0 Å². The number of rotatable bonds is 6. The summed E-state index contributed by atoms with van der Waals surface area (Å²) in [4.78, 5) is 25.3. The molecule has 2 N–H and O–H groups in total. The van der Waals surface area contributed by atoms with Crippen molar-refractivity contribution in [3.05, 3.63) is 65.7 Å². The molecule has 0 aliphatic carbocycles. The lowest BCUT2D eigenvalue weighted by atomic mass is 10.1. The molecule has 0 atom stereocenters. The number of Topliss-reactive ketones (excluding diaryl/α,β-unsaturated/α-hetero) is 1. The average molecular weight is 312 g/mol. The van der Waals surface area contributed by atoms with Crippen molar-refractivity contribution < 1.29 is 14.7 Å². The SMILES string of the molecule is CC(=O)c1cccc(NC(=O)N(CCO)Cc2ccccc2)c1. The van der Waals surface area contributed by atoms with Gasteiger partial charge < -0.3 is 15.3 Å². The zero-order valence-electron chi connectivity index (χ0n) is 13.0. The van der Waals surface area contributed by atoms with Crippen LogP contribution in [0.3, 0.4) is 0 Å². The fraction of sp³-hybridized carbons (Fsp3) is 0.222. The number of hydrogen-bond donors (Lipinski definition) is 2. The highest BCUT2D eigenvalue weighted by molar-refractivity contribution is 5.96. The van der Waals surface area contributed by atoms with Crippen molar-refractivity contribution in [2.75, 3.05) is 18.5 Å². The van der Waals surface area contributed by atoms with Crippen LogP contribution in [-0.4, -0.2) is 35.0 Å². The summed E-state index contributed by atoms with van der Waals surface area (Å²) in [5.74, 6) is -0.0578. The van der Waals surface area contributed by atoms with Crippen LogP contribution in [0.15, 0.2) is 54.6 Å². The first-order valence-electron chi connectivity index (χ1n) is 7.42. The van der Waals surface area contributed by atoms with Crippen LogP contribution in [0.1, 0.15) is 22.8 Å². The lowest BCUT2D eigenvalue weighted by Crippen LogP contribution is -2.36. The molecular formula is C18H20N2O3. The standard InChI is InChI=1S/C18H20N2O3/c1-14(22)16-8-5-9-17(12-16)19-18(23)20(10-11-21)13-15-6-3-2-4-7-15/h2-9,12,21H,10-11,13H2,1H3,(H,19,23). The molecule has 0 aliphatic rings. The van der Waals surface area contributed by atoms with Crippen molar-refractivity contribution >= 4 is 17.5 Å². The van der Waals surface area contributed by atoms with Gasteiger partial charge in [0.2, 0.25) is 0 Å². The van der Waals surface area contributed by atoms with Crippen molar-refractivity contribution in [3.8, 4) is 0 Å². The second-order valence-corrected chi connectivity index (χ2v) is 5.20. The number of urea groups is 1. The lowest BCUT2D eigenvalue weighted by molar-refractivity contribution is 0.101. The molecule has 0 spiro atoms. The van der Waals surface area contributed by atoms with Crippen molar-refractivity contribution in [1.82, 2.24) is 4.90 Å². The number of nitrogens with zero attached hydrogens (tertiary/aromatic N) is 1. The van der Waals surface area contributed by atoms with E-state index in [9.17, 15) is 14.7 Å². The van der Waals surface area contributed by atoms with E-state index in [0.717, 1.165) is 5.56 Å². The van der Waals surface area contributed by atoms with Crippen LogP contribution in [0.4, 0.5) is 10.5 Å². The highest BCUT2D eigenvalue weighted by Gasteiger charge is 2.14. The van der Waals surface area contributed by atoms with E-state index in [0.29, 0.717) is 17.8 Å². The number of aliphatic hydroxyl groups is 1. The summed E-state index contributed by atoms with van der Waals surface area (Å²) in [6.45, 7) is 1.99. The van der Waals surface area contributed by atoms with Crippen LogP contribution in [0.25, 0.3) is 0 Å². The summed E-state index contributed by atoms with van der Waals surface area (Å²) in [6, 6.07) is 16.0. The average Bonchev–Trinajstić information content (AvgIpc) is 2.55. The molecule has 2 aromatic rings. The van der Waals surface area contributed by atoms with Gasteiger partial charge in [-0.1, -0.05) is 42.5 Å². The molecular weight excluding hydrogens is 292 g/mol. The molecule has 5 heteroatoms. The van der Waals surface area contributed by atoms with Gasteiger partial charge in [0.15, 0.2) is 5.78 Å². The fourth-order valence-electron chi connectivity index (χ4n) is 2.20. The summed E-state index contributed by atoms with van der Waals surface area (Å²) < 4.78 is 0. The second kappa shape index (κ2) is 8.10. The normalized spacial score (nSPS) is 10.2. The van der Waals surface area contributed by atoms with Gasteiger partial charge in [-0.25, -0.2) is 4.79 Å². The Morgan fingerprint density at radius 2 is 1.83 bits per heavy atom. The third-order valence-corrected chi connectivity index (χ3v) is 3.39. The first-order valence-corrected chi connectivity index (χ1v) is 7.42. The molecule has 0 radical (unpaired) electrons. The van der Waals surface area contributed by atoms with Gasteiger partial charge in [-0.3, -0.25) is 4.79 Å². The number of hydrogen-bond acceptors (Lipinski definition) is 3. The van der Waals surface area contributed by atoms with Crippen LogP contribution in [0.5, 0.6) is 0 Å². The van der Waals surface area contributed by atoms with Gasteiger partial charge in [-0.2, -0.15) is 0 Å². The minimum absolute atomic E-state index is 0.0578. The van der Waals surface area contributed by atoms with E-state index >= 15 is 0 Å². The minimum atomic E-state index is -0.316. The predicted octanol–water partition coefficient (Wildman–Crippen LogP) is 2.92. The first kappa shape index (κ1) is 16.7. The van der Waals surface area contributed by atoms with Crippen LogP contribution in [0.2, 0.25) is 0 Å². The maximum atomic E-state index is 12.4. The first-order chi connectivity index (χ1) is 11.1. The van der Waals surface area contributed by atoms with E-state index in [1.807, 2.05) is 30.3 Å². The Balaban J connectivity index is 2.09. The van der Waals surface area contributed by atoms with E-state index in [1.165, 1.54) is 11.8 Å². The zero-order chi connectivity index (χ0) is 16.7. The summed E-state index contributed by atoms with van der Waals surface area (Å²) in [5, 5.41) is 11.9. The van der Waals surface area contributed by atoms with Gasteiger partial charge in [0.25, 0.3) is 0 Å². The Hall–Kier alpha value is -2.66. The molecule has 0 aliphatic heterocycles. The molecule has 0 saturated heterocycles. The van der Waals surface area contributed by atoms with Gasteiger partial charge in [0.1, 0.15) is 0 Å². The Labute approximate surface area is 135 Å². The van der Waals surface area contributed by atoms with E-state index in [1.54, 1.807) is 24.3 Å². The molecule has 0 saturated carbocycles.